The first-order valence-electron chi connectivity index (χ1n) is 5.46. The van der Waals surface area contributed by atoms with Gasteiger partial charge in [-0.05, 0) is 25.0 Å². The summed E-state index contributed by atoms with van der Waals surface area (Å²) >= 11 is 0. The van der Waals surface area contributed by atoms with Crippen molar-refractivity contribution in [1.29, 1.82) is 0 Å². The molecule has 0 saturated heterocycles. The highest BCUT2D eigenvalue weighted by atomic mass is 16.5. The van der Waals surface area contributed by atoms with E-state index in [4.69, 9.17) is 4.74 Å². The van der Waals surface area contributed by atoms with Crippen LogP contribution in [0.25, 0.3) is 0 Å². The van der Waals surface area contributed by atoms with Gasteiger partial charge in [-0.1, -0.05) is 30.0 Å². The Balaban J connectivity index is 2.12. The summed E-state index contributed by atoms with van der Waals surface area (Å²) in [5.41, 5.74) is 1.04. The largest absolute Gasteiger partial charge is 0.466 e. The highest BCUT2D eigenvalue weighted by Crippen LogP contribution is 1.98. The minimum Gasteiger partial charge on any atom is -0.466 e. The smallest absolute Gasteiger partial charge is 0.302 e. The summed E-state index contributed by atoms with van der Waals surface area (Å²) in [7, 11) is 0. The van der Waals surface area contributed by atoms with Crippen LogP contribution >= 0.6 is 0 Å². The first-order chi connectivity index (χ1) is 7.79. The lowest BCUT2D eigenvalue weighted by atomic mass is 10.2. The van der Waals surface area contributed by atoms with Gasteiger partial charge in [0.25, 0.3) is 0 Å². The van der Waals surface area contributed by atoms with Crippen molar-refractivity contribution in [3.8, 4) is 11.8 Å². The van der Waals surface area contributed by atoms with Gasteiger partial charge in [0.2, 0.25) is 0 Å². The quantitative estimate of drug-likeness (QED) is 0.439. The molecule has 16 heavy (non-hydrogen) atoms. The van der Waals surface area contributed by atoms with Crippen LogP contribution in [0.15, 0.2) is 30.3 Å². The predicted molar refractivity (Wildman–Crippen MR) is 63.8 cm³/mol. The van der Waals surface area contributed by atoms with Crippen molar-refractivity contribution in [2.45, 2.75) is 26.2 Å². The highest BCUT2D eigenvalue weighted by Gasteiger charge is 1.91. The summed E-state index contributed by atoms with van der Waals surface area (Å²) in [6, 6.07) is 9.91. The lowest BCUT2D eigenvalue weighted by Crippen LogP contribution is -1.99. The average Bonchev–Trinajstić information content (AvgIpc) is 2.29. The highest BCUT2D eigenvalue weighted by molar-refractivity contribution is 5.65. The molecule has 0 aliphatic rings. The van der Waals surface area contributed by atoms with Crippen LogP contribution in [0.4, 0.5) is 0 Å². The molecule has 0 bridgehead atoms. The molecule has 0 radical (unpaired) electrons. The maximum Gasteiger partial charge on any atom is 0.302 e. The second kappa shape index (κ2) is 7.53. The van der Waals surface area contributed by atoms with Gasteiger partial charge in [0.1, 0.15) is 0 Å². The van der Waals surface area contributed by atoms with E-state index in [-0.39, 0.29) is 5.97 Å². The Morgan fingerprint density at radius 1 is 1.25 bits per heavy atom. The minimum atomic E-state index is -0.213. The molecule has 1 aromatic rings. The fourth-order valence-electron chi connectivity index (χ4n) is 1.22. The number of hydrogen-bond acceptors (Lipinski definition) is 2. The van der Waals surface area contributed by atoms with Crippen molar-refractivity contribution in [1.82, 2.24) is 0 Å². The van der Waals surface area contributed by atoms with Crippen LogP contribution in [0.1, 0.15) is 31.7 Å². The van der Waals surface area contributed by atoms with E-state index in [1.54, 1.807) is 0 Å². The molecule has 0 aliphatic carbocycles. The van der Waals surface area contributed by atoms with Gasteiger partial charge < -0.3 is 4.74 Å². The Labute approximate surface area is 96.6 Å². The Kier molecular flexibility index (Phi) is 5.80. The van der Waals surface area contributed by atoms with Gasteiger partial charge >= 0.3 is 5.97 Å². The molecule has 2 heteroatoms. The molecule has 1 aromatic carbocycles. The predicted octanol–water partition coefficient (Wildman–Crippen LogP) is 2.77. The van der Waals surface area contributed by atoms with Crippen molar-refractivity contribution >= 4 is 5.97 Å². The van der Waals surface area contributed by atoms with Gasteiger partial charge in [0, 0.05) is 18.9 Å². The zero-order valence-corrected chi connectivity index (χ0v) is 9.53. The molecule has 84 valence electrons. The van der Waals surface area contributed by atoms with Crippen LogP contribution in [-0.2, 0) is 9.53 Å². The fourth-order valence-corrected chi connectivity index (χ4v) is 1.22. The molecule has 0 spiro atoms. The van der Waals surface area contributed by atoms with E-state index in [0.29, 0.717) is 6.61 Å². The number of carbonyl (C=O) groups is 1. The summed E-state index contributed by atoms with van der Waals surface area (Å²) in [6.07, 6.45) is 2.69. The Bertz CT molecular complexity index is 371. The summed E-state index contributed by atoms with van der Waals surface area (Å²) in [4.78, 5) is 10.5. The molecule has 0 amide bonds. The number of rotatable bonds is 4. The standard InChI is InChI=1S/C14H16O2/c1-13(15)16-12-8-3-2-5-9-14-10-6-4-7-11-14/h4,6-7,10-11H,2-3,8,12H2,1H3. The average molecular weight is 216 g/mol. The van der Waals surface area contributed by atoms with Crippen LogP contribution in [0, 0.1) is 11.8 Å². The Morgan fingerprint density at radius 3 is 2.69 bits per heavy atom. The lowest BCUT2D eigenvalue weighted by Gasteiger charge is -1.98. The lowest BCUT2D eigenvalue weighted by molar-refractivity contribution is -0.141. The van der Waals surface area contributed by atoms with Crippen molar-refractivity contribution in [3.05, 3.63) is 35.9 Å². The van der Waals surface area contributed by atoms with Crippen LogP contribution in [0.2, 0.25) is 0 Å². The van der Waals surface area contributed by atoms with Crippen molar-refractivity contribution < 1.29 is 9.53 Å². The first kappa shape index (κ1) is 12.3. The number of unbranched alkanes of at least 4 members (excludes halogenated alkanes) is 2. The fraction of sp³-hybridized carbons (Fsp3) is 0.357. The maximum atomic E-state index is 10.5. The number of esters is 1. The normalized spacial score (nSPS) is 9.06. The van der Waals surface area contributed by atoms with E-state index in [0.717, 1.165) is 24.8 Å². The van der Waals surface area contributed by atoms with Crippen LogP contribution in [-0.4, -0.2) is 12.6 Å². The van der Waals surface area contributed by atoms with E-state index in [1.165, 1.54) is 6.92 Å². The van der Waals surface area contributed by atoms with Crippen LogP contribution in [0.5, 0.6) is 0 Å². The van der Waals surface area contributed by atoms with Crippen LogP contribution < -0.4 is 0 Å². The van der Waals surface area contributed by atoms with Crippen molar-refractivity contribution in [2.75, 3.05) is 6.61 Å². The minimum absolute atomic E-state index is 0.213. The second-order valence-electron chi connectivity index (χ2n) is 3.46. The molecule has 0 saturated carbocycles. The number of hydrogen-bond donors (Lipinski definition) is 0. The maximum absolute atomic E-state index is 10.5. The Hall–Kier alpha value is -1.75. The van der Waals surface area contributed by atoms with E-state index in [2.05, 4.69) is 11.8 Å². The molecule has 2 nitrogen and oxygen atoms in total. The molecular weight excluding hydrogens is 200 g/mol. The molecule has 0 heterocycles. The summed E-state index contributed by atoms with van der Waals surface area (Å²) < 4.78 is 4.82. The Morgan fingerprint density at radius 2 is 2.00 bits per heavy atom. The van der Waals surface area contributed by atoms with Crippen molar-refractivity contribution in [3.63, 3.8) is 0 Å². The third-order valence-electron chi connectivity index (χ3n) is 2.01. The van der Waals surface area contributed by atoms with Crippen molar-refractivity contribution in [2.24, 2.45) is 0 Å². The van der Waals surface area contributed by atoms with Gasteiger partial charge in [-0.25, -0.2) is 0 Å². The third-order valence-corrected chi connectivity index (χ3v) is 2.01. The zero-order valence-electron chi connectivity index (χ0n) is 9.53. The molecule has 0 aromatic heterocycles. The van der Waals surface area contributed by atoms with Crippen LogP contribution in [0.3, 0.4) is 0 Å². The monoisotopic (exact) mass is 216 g/mol. The van der Waals surface area contributed by atoms with E-state index in [1.807, 2.05) is 30.3 Å². The van der Waals surface area contributed by atoms with E-state index >= 15 is 0 Å². The molecule has 0 N–H and O–H groups in total. The van der Waals surface area contributed by atoms with E-state index < -0.39 is 0 Å². The van der Waals surface area contributed by atoms with Gasteiger partial charge in [0.05, 0.1) is 6.61 Å². The first-order valence-corrected chi connectivity index (χ1v) is 5.46. The molecule has 0 fully saturated rings. The second-order valence-corrected chi connectivity index (χ2v) is 3.46. The van der Waals surface area contributed by atoms with Gasteiger partial charge in [-0.2, -0.15) is 0 Å². The SMILES string of the molecule is CC(=O)OCCCCC#Cc1ccccc1. The zero-order chi connectivity index (χ0) is 11.6. The number of carbonyl (C=O) groups excluding carboxylic acids is 1. The topological polar surface area (TPSA) is 26.3 Å². The number of ether oxygens (including phenoxy) is 1. The summed E-state index contributed by atoms with van der Waals surface area (Å²) in [5, 5.41) is 0. The molecular formula is C14H16O2. The third kappa shape index (κ3) is 5.87. The number of benzene rings is 1. The molecule has 0 unspecified atom stereocenters. The molecule has 0 aliphatic heterocycles. The summed E-state index contributed by atoms with van der Waals surface area (Å²) in [6.45, 7) is 1.93. The molecule has 0 atom stereocenters. The molecule has 1 rings (SSSR count). The van der Waals surface area contributed by atoms with Gasteiger partial charge in [-0.15, -0.1) is 0 Å². The summed E-state index contributed by atoms with van der Waals surface area (Å²) in [5.74, 6) is 5.97. The van der Waals surface area contributed by atoms with Gasteiger partial charge in [-0.3, -0.25) is 4.79 Å². The van der Waals surface area contributed by atoms with Gasteiger partial charge in [0.15, 0.2) is 0 Å². The van der Waals surface area contributed by atoms with E-state index in [9.17, 15) is 4.79 Å².